The average Bonchev–Trinajstić information content (AvgIpc) is 2.53. The van der Waals surface area contributed by atoms with E-state index in [1.54, 1.807) is 11.4 Å². The SMILES string of the molecule is C=Cn1c(=O)[nH]c2ccsc2c1=O. The second-order valence-corrected chi connectivity index (χ2v) is 3.37. The van der Waals surface area contributed by atoms with Gasteiger partial charge in [-0.15, -0.1) is 11.3 Å². The first-order valence-electron chi connectivity index (χ1n) is 3.58. The van der Waals surface area contributed by atoms with Crippen LogP contribution in [0.3, 0.4) is 0 Å². The molecule has 0 spiro atoms. The first-order valence-corrected chi connectivity index (χ1v) is 4.46. The number of hydrogen-bond donors (Lipinski definition) is 1. The Morgan fingerprint density at radius 2 is 2.31 bits per heavy atom. The van der Waals surface area contributed by atoms with Crippen molar-refractivity contribution in [3.63, 3.8) is 0 Å². The number of fused-ring (bicyclic) bond motifs is 1. The monoisotopic (exact) mass is 194 g/mol. The molecule has 2 aromatic rings. The number of aromatic amines is 1. The lowest BCUT2D eigenvalue weighted by Crippen LogP contribution is -2.30. The molecular weight excluding hydrogens is 188 g/mol. The lowest BCUT2D eigenvalue weighted by atomic mass is 10.5. The summed E-state index contributed by atoms with van der Waals surface area (Å²) in [6.45, 7) is 3.39. The summed E-state index contributed by atoms with van der Waals surface area (Å²) in [4.78, 5) is 25.3. The molecule has 1 N–H and O–H groups in total. The first kappa shape index (κ1) is 8.00. The fraction of sp³-hybridized carbons (Fsp3) is 0. The molecule has 4 nitrogen and oxygen atoms in total. The van der Waals surface area contributed by atoms with E-state index in [1.807, 2.05) is 0 Å². The molecule has 0 bridgehead atoms. The van der Waals surface area contributed by atoms with Gasteiger partial charge in [-0.25, -0.2) is 9.36 Å². The van der Waals surface area contributed by atoms with Crippen molar-refractivity contribution in [2.75, 3.05) is 0 Å². The van der Waals surface area contributed by atoms with Gasteiger partial charge in [-0.05, 0) is 11.4 Å². The number of H-pyrrole nitrogens is 1. The summed E-state index contributed by atoms with van der Waals surface area (Å²) in [6.07, 6.45) is 1.21. The topological polar surface area (TPSA) is 54.9 Å². The Morgan fingerprint density at radius 3 is 3.00 bits per heavy atom. The summed E-state index contributed by atoms with van der Waals surface area (Å²) < 4.78 is 1.50. The van der Waals surface area contributed by atoms with Crippen LogP contribution in [0.15, 0.2) is 27.6 Å². The maximum absolute atomic E-state index is 11.5. The normalized spacial score (nSPS) is 10.5. The molecule has 0 radical (unpaired) electrons. The third kappa shape index (κ3) is 1.05. The Balaban J connectivity index is 3.11. The van der Waals surface area contributed by atoms with Gasteiger partial charge in [0.05, 0.1) is 5.52 Å². The second-order valence-electron chi connectivity index (χ2n) is 2.45. The van der Waals surface area contributed by atoms with Crippen molar-refractivity contribution in [3.05, 3.63) is 38.9 Å². The second kappa shape index (κ2) is 2.70. The molecule has 2 aromatic heterocycles. The van der Waals surface area contributed by atoms with Gasteiger partial charge < -0.3 is 4.98 Å². The van der Waals surface area contributed by atoms with E-state index in [2.05, 4.69) is 11.6 Å². The number of hydrogen-bond acceptors (Lipinski definition) is 3. The van der Waals surface area contributed by atoms with Gasteiger partial charge in [0.2, 0.25) is 0 Å². The molecule has 0 aliphatic heterocycles. The number of nitrogens with one attached hydrogen (secondary N) is 1. The van der Waals surface area contributed by atoms with E-state index in [0.29, 0.717) is 10.2 Å². The lowest BCUT2D eigenvalue weighted by Gasteiger charge is -1.95. The third-order valence-corrected chi connectivity index (χ3v) is 2.62. The van der Waals surface area contributed by atoms with Gasteiger partial charge in [0.15, 0.2) is 0 Å². The highest BCUT2D eigenvalue weighted by molar-refractivity contribution is 7.17. The molecule has 0 aliphatic rings. The minimum Gasteiger partial charge on any atom is -0.306 e. The molecule has 2 heterocycles. The van der Waals surface area contributed by atoms with E-state index in [1.165, 1.54) is 17.5 Å². The van der Waals surface area contributed by atoms with Crippen molar-refractivity contribution in [1.29, 1.82) is 0 Å². The van der Waals surface area contributed by atoms with Crippen LogP contribution in [0.2, 0.25) is 0 Å². The summed E-state index contributed by atoms with van der Waals surface area (Å²) in [5.41, 5.74) is -0.187. The van der Waals surface area contributed by atoms with Crippen molar-refractivity contribution in [2.45, 2.75) is 0 Å². The molecule has 0 aliphatic carbocycles. The number of aromatic nitrogens is 2. The number of nitrogens with zero attached hydrogens (tertiary/aromatic N) is 1. The third-order valence-electron chi connectivity index (χ3n) is 1.72. The van der Waals surface area contributed by atoms with Crippen LogP contribution in [0.25, 0.3) is 16.4 Å². The van der Waals surface area contributed by atoms with Crippen LogP contribution >= 0.6 is 11.3 Å². The largest absolute Gasteiger partial charge is 0.333 e. The Morgan fingerprint density at radius 1 is 1.54 bits per heavy atom. The van der Waals surface area contributed by atoms with Crippen molar-refractivity contribution >= 4 is 27.8 Å². The standard InChI is InChI=1S/C8H6N2O2S/c1-2-10-7(11)6-5(3-4-13-6)9-8(10)12/h2-4H,1H2,(H,9,12). The zero-order valence-corrected chi connectivity index (χ0v) is 7.43. The molecule has 0 saturated carbocycles. The average molecular weight is 194 g/mol. The molecule has 0 amide bonds. The van der Waals surface area contributed by atoms with Gasteiger partial charge in [-0.2, -0.15) is 0 Å². The van der Waals surface area contributed by atoms with Crippen LogP contribution in [0, 0.1) is 0 Å². The maximum atomic E-state index is 11.5. The summed E-state index contributed by atoms with van der Waals surface area (Å²) in [5, 5.41) is 1.76. The van der Waals surface area contributed by atoms with E-state index in [-0.39, 0.29) is 5.56 Å². The van der Waals surface area contributed by atoms with Crippen molar-refractivity contribution in [2.24, 2.45) is 0 Å². The van der Waals surface area contributed by atoms with Crippen LogP contribution in [-0.2, 0) is 0 Å². The molecule has 0 saturated heterocycles. The predicted octanol–water partition coefficient (Wildman–Crippen LogP) is 0.852. The minimum absolute atomic E-state index is 0.316. The van der Waals surface area contributed by atoms with Gasteiger partial charge in [0.25, 0.3) is 5.56 Å². The van der Waals surface area contributed by atoms with Crippen molar-refractivity contribution < 1.29 is 0 Å². The Bertz CT molecular complexity index is 576. The molecular formula is C8H6N2O2S. The maximum Gasteiger partial charge on any atom is 0.333 e. The van der Waals surface area contributed by atoms with Crippen LogP contribution in [0.5, 0.6) is 0 Å². The van der Waals surface area contributed by atoms with Crippen LogP contribution in [0.4, 0.5) is 0 Å². The summed E-state index contributed by atoms with van der Waals surface area (Å²) in [5.74, 6) is 0. The summed E-state index contributed by atoms with van der Waals surface area (Å²) >= 11 is 1.30. The first-order chi connectivity index (χ1) is 6.24. The molecule has 0 unspecified atom stereocenters. The van der Waals surface area contributed by atoms with Gasteiger partial charge in [-0.3, -0.25) is 4.79 Å². The molecule has 66 valence electrons. The van der Waals surface area contributed by atoms with E-state index < -0.39 is 5.69 Å². The van der Waals surface area contributed by atoms with E-state index in [9.17, 15) is 9.59 Å². The number of thiophene rings is 1. The van der Waals surface area contributed by atoms with E-state index in [4.69, 9.17) is 0 Å². The fourth-order valence-electron chi connectivity index (χ4n) is 1.12. The smallest absolute Gasteiger partial charge is 0.306 e. The molecule has 0 aromatic carbocycles. The Labute approximate surface area is 76.8 Å². The molecule has 2 rings (SSSR count). The molecule has 0 atom stereocenters. The summed E-state index contributed by atoms with van der Waals surface area (Å²) in [6, 6.07) is 1.70. The van der Waals surface area contributed by atoms with Gasteiger partial charge >= 0.3 is 5.69 Å². The van der Waals surface area contributed by atoms with Crippen LogP contribution in [0.1, 0.15) is 0 Å². The van der Waals surface area contributed by atoms with Crippen LogP contribution in [-0.4, -0.2) is 9.55 Å². The summed E-state index contributed by atoms with van der Waals surface area (Å²) in [7, 11) is 0. The van der Waals surface area contributed by atoms with Crippen molar-refractivity contribution in [3.8, 4) is 0 Å². The Kier molecular flexibility index (Phi) is 1.66. The van der Waals surface area contributed by atoms with Gasteiger partial charge in [0, 0.05) is 6.20 Å². The van der Waals surface area contributed by atoms with Crippen molar-refractivity contribution in [1.82, 2.24) is 9.55 Å². The highest BCUT2D eigenvalue weighted by Gasteiger charge is 2.04. The molecule has 0 fully saturated rings. The zero-order chi connectivity index (χ0) is 9.42. The minimum atomic E-state index is -0.453. The fourth-order valence-corrected chi connectivity index (χ4v) is 1.90. The molecule has 5 heteroatoms. The molecule has 13 heavy (non-hydrogen) atoms. The van der Waals surface area contributed by atoms with Crippen LogP contribution < -0.4 is 11.2 Å². The zero-order valence-electron chi connectivity index (χ0n) is 6.61. The lowest BCUT2D eigenvalue weighted by molar-refractivity contribution is 0.957. The highest BCUT2D eigenvalue weighted by Crippen LogP contribution is 2.11. The van der Waals surface area contributed by atoms with Gasteiger partial charge in [0.1, 0.15) is 4.70 Å². The van der Waals surface area contributed by atoms with E-state index in [0.717, 1.165) is 4.57 Å². The number of rotatable bonds is 1. The quantitative estimate of drug-likeness (QED) is 0.731. The highest BCUT2D eigenvalue weighted by atomic mass is 32.1. The Hall–Kier alpha value is -1.62. The van der Waals surface area contributed by atoms with E-state index >= 15 is 0 Å². The van der Waals surface area contributed by atoms with Gasteiger partial charge in [-0.1, -0.05) is 6.58 Å². The predicted molar refractivity (Wildman–Crippen MR) is 53.1 cm³/mol.